The molecule has 2 heterocycles. The highest BCUT2D eigenvalue weighted by Gasteiger charge is 2.45. The van der Waals surface area contributed by atoms with Gasteiger partial charge in [0, 0.05) is 25.2 Å². The van der Waals surface area contributed by atoms with Crippen molar-refractivity contribution in [2.45, 2.75) is 25.4 Å². The molecule has 4 N–H and O–H groups in total. The van der Waals surface area contributed by atoms with Crippen molar-refractivity contribution in [2.24, 2.45) is 5.73 Å². The third-order valence-corrected chi connectivity index (χ3v) is 5.31. The van der Waals surface area contributed by atoms with Crippen LogP contribution in [-0.4, -0.2) is 47.7 Å². The first-order valence-corrected chi connectivity index (χ1v) is 10.00. The van der Waals surface area contributed by atoms with Gasteiger partial charge in [0.25, 0.3) is 11.8 Å². The largest absolute Gasteiger partial charge is 0.492 e. The van der Waals surface area contributed by atoms with Gasteiger partial charge < -0.3 is 15.8 Å². The van der Waals surface area contributed by atoms with Crippen LogP contribution in [0.25, 0.3) is 0 Å². The molecule has 0 aromatic heterocycles. The Hall–Kier alpha value is -3.72. The summed E-state index contributed by atoms with van der Waals surface area (Å²) >= 11 is 0. The predicted molar refractivity (Wildman–Crippen MR) is 111 cm³/mol. The van der Waals surface area contributed by atoms with E-state index in [4.69, 9.17) is 10.5 Å². The van der Waals surface area contributed by atoms with Crippen LogP contribution in [0.2, 0.25) is 0 Å². The molecule has 0 saturated carbocycles. The minimum atomic E-state index is -0.988. The Morgan fingerprint density at radius 2 is 1.84 bits per heavy atom. The Morgan fingerprint density at radius 1 is 1.06 bits per heavy atom. The number of rotatable bonds is 7. The number of nitrogens with two attached hydrogens (primary N) is 1. The summed E-state index contributed by atoms with van der Waals surface area (Å²) in [6.45, 7) is 1.20. The van der Waals surface area contributed by atoms with E-state index < -0.39 is 29.7 Å². The van der Waals surface area contributed by atoms with Gasteiger partial charge in [0.15, 0.2) is 0 Å². The molecule has 2 aromatic carbocycles. The summed E-state index contributed by atoms with van der Waals surface area (Å²) in [6.07, 6.45) is 0.203. The van der Waals surface area contributed by atoms with Gasteiger partial charge in [-0.15, -0.1) is 0 Å². The molecule has 1 saturated heterocycles. The van der Waals surface area contributed by atoms with E-state index in [9.17, 15) is 19.2 Å². The normalized spacial score (nSPS) is 18.1. The topological polar surface area (TPSA) is 131 Å². The summed E-state index contributed by atoms with van der Waals surface area (Å²) in [5, 5.41) is 5.32. The second-order valence-electron chi connectivity index (χ2n) is 7.30. The summed E-state index contributed by atoms with van der Waals surface area (Å²) in [7, 11) is 0. The van der Waals surface area contributed by atoms with Crippen molar-refractivity contribution in [1.82, 2.24) is 10.2 Å². The van der Waals surface area contributed by atoms with Gasteiger partial charge >= 0.3 is 0 Å². The molecule has 4 amide bonds. The van der Waals surface area contributed by atoms with Crippen LogP contribution >= 0.6 is 0 Å². The van der Waals surface area contributed by atoms with Gasteiger partial charge in [-0.1, -0.05) is 18.2 Å². The quantitative estimate of drug-likeness (QED) is 0.449. The van der Waals surface area contributed by atoms with Gasteiger partial charge in [0.2, 0.25) is 11.8 Å². The Balaban J connectivity index is 1.43. The minimum Gasteiger partial charge on any atom is -0.492 e. The highest BCUT2D eigenvalue weighted by atomic mass is 16.5. The van der Waals surface area contributed by atoms with Crippen molar-refractivity contribution in [3.63, 3.8) is 0 Å². The van der Waals surface area contributed by atoms with Gasteiger partial charge in [-0.05, 0) is 36.2 Å². The van der Waals surface area contributed by atoms with Crippen LogP contribution in [0, 0.1) is 0 Å². The number of ether oxygens (including phenoxy) is 1. The van der Waals surface area contributed by atoms with E-state index in [-0.39, 0.29) is 24.0 Å². The van der Waals surface area contributed by atoms with Crippen LogP contribution in [0.15, 0.2) is 42.5 Å². The van der Waals surface area contributed by atoms with Crippen molar-refractivity contribution >= 4 is 29.3 Å². The smallest absolute Gasteiger partial charge is 0.264 e. The number of hydrogen-bond acceptors (Lipinski definition) is 7. The zero-order chi connectivity index (χ0) is 22.0. The standard InChI is InChI=1S/C22H22N4O5/c23-12-13-4-6-14(7-5-13)31-11-10-24-16-3-1-2-15-19(16)22(30)26(21(15)29)17-8-9-18(27)25-20(17)28/h1-7,17,24H,8-12,23H2,(H,25,27,28). The van der Waals surface area contributed by atoms with Gasteiger partial charge in [-0.3, -0.25) is 29.4 Å². The number of nitrogens with zero attached hydrogens (tertiary/aromatic N) is 1. The SMILES string of the molecule is NCc1ccc(OCCNc2cccc3c2C(=O)N(C2CCC(=O)NC2=O)C3=O)cc1. The molecule has 160 valence electrons. The Morgan fingerprint density at radius 3 is 2.55 bits per heavy atom. The molecule has 1 atom stereocenters. The molecule has 9 nitrogen and oxygen atoms in total. The number of piperidine rings is 1. The number of carbonyl (C=O) groups excluding carboxylic acids is 4. The second kappa shape index (κ2) is 8.57. The number of carbonyl (C=O) groups is 4. The average molecular weight is 422 g/mol. The fourth-order valence-electron chi connectivity index (χ4n) is 3.74. The third-order valence-electron chi connectivity index (χ3n) is 5.31. The number of anilines is 1. The highest BCUT2D eigenvalue weighted by Crippen LogP contribution is 2.32. The van der Waals surface area contributed by atoms with Crippen molar-refractivity contribution < 1.29 is 23.9 Å². The van der Waals surface area contributed by atoms with E-state index in [1.807, 2.05) is 24.3 Å². The van der Waals surface area contributed by atoms with Gasteiger partial charge in [0.05, 0.1) is 11.1 Å². The first kappa shape index (κ1) is 20.5. The molecular formula is C22H22N4O5. The summed E-state index contributed by atoms with van der Waals surface area (Å²) in [4.78, 5) is 50.4. The zero-order valence-electron chi connectivity index (χ0n) is 16.7. The maximum Gasteiger partial charge on any atom is 0.264 e. The lowest BCUT2D eigenvalue weighted by Gasteiger charge is -2.27. The second-order valence-corrected chi connectivity index (χ2v) is 7.30. The lowest BCUT2D eigenvalue weighted by Crippen LogP contribution is -2.54. The fourth-order valence-corrected chi connectivity index (χ4v) is 3.74. The van der Waals surface area contributed by atoms with Gasteiger partial charge in [0.1, 0.15) is 18.4 Å². The van der Waals surface area contributed by atoms with E-state index in [0.29, 0.717) is 31.1 Å². The number of fused-ring (bicyclic) bond motifs is 1. The summed E-state index contributed by atoms with van der Waals surface area (Å²) in [6, 6.07) is 11.4. The van der Waals surface area contributed by atoms with E-state index in [0.717, 1.165) is 10.5 Å². The van der Waals surface area contributed by atoms with E-state index >= 15 is 0 Å². The van der Waals surface area contributed by atoms with Crippen LogP contribution in [0.3, 0.4) is 0 Å². The molecule has 2 aliphatic heterocycles. The first-order valence-electron chi connectivity index (χ1n) is 10.00. The van der Waals surface area contributed by atoms with Crippen molar-refractivity contribution in [3.05, 3.63) is 59.2 Å². The highest BCUT2D eigenvalue weighted by molar-refractivity contribution is 6.25. The van der Waals surface area contributed by atoms with Crippen LogP contribution in [0.1, 0.15) is 39.1 Å². The molecule has 9 heteroatoms. The molecule has 0 spiro atoms. The molecule has 4 rings (SSSR count). The molecule has 0 radical (unpaired) electrons. The number of hydrogen-bond donors (Lipinski definition) is 3. The maximum absolute atomic E-state index is 13.0. The summed E-state index contributed by atoms with van der Waals surface area (Å²) in [5.41, 5.74) is 7.54. The zero-order valence-corrected chi connectivity index (χ0v) is 16.7. The van der Waals surface area contributed by atoms with Crippen molar-refractivity contribution in [2.75, 3.05) is 18.5 Å². The lowest BCUT2D eigenvalue weighted by atomic mass is 10.0. The van der Waals surface area contributed by atoms with Crippen molar-refractivity contribution in [3.8, 4) is 5.75 Å². The Kier molecular flexibility index (Phi) is 5.68. The number of nitrogens with one attached hydrogen (secondary N) is 2. The van der Waals surface area contributed by atoms with Crippen LogP contribution in [-0.2, 0) is 16.1 Å². The number of benzene rings is 2. The Bertz CT molecular complexity index is 1050. The Labute approximate surface area is 178 Å². The molecule has 1 unspecified atom stereocenters. The summed E-state index contributed by atoms with van der Waals surface area (Å²) < 4.78 is 5.68. The molecule has 2 aromatic rings. The predicted octanol–water partition coefficient (Wildman–Crippen LogP) is 1.04. The monoisotopic (exact) mass is 422 g/mol. The fraction of sp³-hybridized carbons (Fsp3) is 0.273. The molecule has 31 heavy (non-hydrogen) atoms. The minimum absolute atomic E-state index is 0.0819. The third kappa shape index (κ3) is 3.99. The first-order chi connectivity index (χ1) is 15.0. The van der Waals surface area contributed by atoms with E-state index in [2.05, 4.69) is 10.6 Å². The summed E-state index contributed by atoms with van der Waals surface area (Å²) in [5.74, 6) is -1.41. The van der Waals surface area contributed by atoms with Crippen LogP contribution < -0.4 is 21.1 Å². The van der Waals surface area contributed by atoms with E-state index in [1.54, 1.807) is 18.2 Å². The molecule has 0 aliphatic carbocycles. The number of imide groups is 2. The van der Waals surface area contributed by atoms with Crippen LogP contribution in [0.5, 0.6) is 5.75 Å². The molecule has 0 bridgehead atoms. The van der Waals surface area contributed by atoms with Crippen LogP contribution in [0.4, 0.5) is 5.69 Å². The molecule has 2 aliphatic rings. The lowest BCUT2D eigenvalue weighted by molar-refractivity contribution is -0.136. The molecule has 1 fully saturated rings. The van der Waals surface area contributed by atoms with E-state index in [1.165, 1.54) is 0 Å². The average Bonchev–Trinajstić information content (AvgIpc) is 3.03. The number of amides is 4. The van der Waals surface area contributed by atoms with Crippen molar-refractivity contribution in [1.29, 1.82) is 0 Å². The van der Waals surface area contributed by atoms with Gasteiger partial charge in [-0.2, -0.15) is 0 Å². The maximum atomic E-state index is 13.0. The van der Waals surface area contributed by atoms with Gasteiger partial charge in [-0.25, -0.2) is 0 Å². The molecular weight excluding hydrogens is 400 g/mol.